The molecule has 1 aromatic heterocycles. The number of rotatable bonds is 4. The number of carbonyl (C=O) groups excluding carboxylic acids is 1. The number of benzene rings is 1. The van der Waals surface area contributed by atoms with Gasteiger partial charge in [-0.2, -0.15) is 0 Å². The zero-order valence-electron chi connectivity index (χ0n) is 10.9. The minimum absolute atomic E-state index is 0.0492. The van der Waals surface area contributed by atoms with Gasteiger partial charge in [0.1, 0.15) is 5.58 Å². The summed E-state index contributed by atoms with van der Waals surface area (Å²) in [6.07, 6.45) is 0.524. The highest BCUT2D eigenvalue weighted by molar-refractivity contribution is 9.10. The number of carbonyl (C=O) groups is 1. The Morgan fingerprint density at radius 1 is 1.47 bits per heavy atom. The smallest absolute Gasteiger partial charge is 0.287 e. The highest BCUT2D eigenvalue weighted by Crippen LogP contribution is 2.27. The predicted octanol–water partition coefficient (Wildman–Crippen LogP) is 3.00. The molecule has 0 spiro atoms. The molecular weight excluding hydrogens is 310 g/mol. The van der Waals surface area contributed by atoms with E-state index in [-0.39, 0.29) is 18.6 Å². The summed E-state index contributed by atoms with van der Waals surface area (Å²) < 4.78 is 6.56. The van der Waals surface area contributed by atoms with Crippen LogP contribution in [0.3, 0.4) is 0 Å². The summed E-state index contributed by atoms with van der Waals surface area (Å²) in [5.41, 5.74) is 1.70. The molecule has 1 atom stereocenters. The molecule has 0 bridgehead atoms. The zero-order chi connectivity index (χ0) is 14.0. The van der Waals surface area contributed by atoms with Crippen molar-refractivity contribution in [3.63, 3.8) is 0 Å². The van der Waals surface area contributed by atoms with Crippen molar-refractivity contribution < 1.29 is 14.3 Å². The standard InChI is InChI=1S/C14H16BrNO3/c1-8-5-11(15)6-10-7-12(19-13(8)10)14(18)16-9(2)3-4-17/h5-7,9,17H,3-4H2,1-2H3,(H,16,18). The number of aliphatic hydroxyl groups is 1. The summed E-state index contributed by atoms with van der Waals surface area (Å²) in [4.78, 5) is 12.0. The van der Waals surface area contributed by atoms with Gasteiger partial charge < -0.3 is 14.8 Å². The van der Waals surface area contributed by atoms with Crippen LogP contribution >= 0.6 is 15.9 Å². The number of fused-ring (bicyclic) bond motifs is 1. The molecule has 0 saturated heterocycles. The van der Waals surface area contributed by atoms with E-state index in [1.165, 1.54) is 0 Å². The van der Waals surface area contributed by atoms with Gasteiger partial charge in [0.25, 0.3) is 5.91 Å². The van der Waals surface area contributed by atoms with Gasteiger partial charge in [-0.05, 0) is 44.0 Å². The average Bonchev–Trinajstić information content (AvgIpc) is 2.73. The Morgan fingerprint density at radius 2 is 2.21 bits per heavy atom. The number of nitrogens with one attached hydrogen (secondary N) is 1. The lowest BCUT2D eigenvalue weighted by Crippen LogP contribution is -2.32. The van der Waals surface area contributed by atoms with Gasteiger partial charge in [0, 0.05) is 22.5 Å². The van der Waals surface area contributed by atoms with Crippen LogP contribution in [0.4, 0.5) is 0 Å². The third-order valence-corrected chi connectivity index (χ3v) is 3.39. The third kappa shape index (κ3) is 3.16. The number of hydrogen-bond acceptors (Lipinski definition) is 3. The van der Waals surface area contributed by atoms with Crippen LogP contribution in [0.1, 0.15) is 29.5 Å². The van der Waals surface area contributed by atoms with Crippen LogP contribution in [0.25, 0.3) is 11.0 Å². The molecule has 19 heavy (non-hydrogen) atoms. The first-order valence-corrected chi connectivity index (χ1v) is 6.92. The van der Waals surface area contributed by atoms with Gasteiger partial charge >= 0.3 is 0 Å². The van der Waals surface area contributed by atoms with Crippen LogP contribution in [-0.4, -0.2) is 23.7 Å². The Labute approximate surface area is 119 Å². The number of aliphatic hydroxyl groups excluding tert-OH is 1. The maximum Gasteiger partial charge on any atom is 0.287 e. The molecule has 1 amide bonds. The minimum atomic E-state index is -0.257. The number of halogens is 1. The minimum Gasteiger partial charge on any atom is -0.451 e. The molecule has 0 aliphatic heterocycles. The van der Waals surface area contributed by atoms with E-state index in [9.17, 15) is 4.79 Å². The molecule has 1 aromatic carbocycles. The number of hydrogen-bond donors (Lipinski definition) is 2. The van der Waals surface area contributed by atoms with Gasteiger partial charge in [0.2, 0.25) is 0 Å². The summed E-state index contributed by atoms with van der Waals surface area (Å²) in [5, 5.41) is 12.5. The second kappa shape index (κ2) is 5.75. The van der Waals surface area contributed by atoms with Crippen molar-refractivity contribution in [1.29, 1.82) is 0 Å². The van der Waals surface area contributed by atoms with Crippen molar-refractivity contribution in [2.45, 2.75) is 26.3 Å². The molecule has 0 aliphatic carbocycles. The molecule has 2 aromatic rings. The quantitative estimate of drug-likeness (QED) is 0.908. The molecule has 4 nitrogen and oxygen atoms in total. The molecule has 5 heteroatoms. The number of aryl methyl sites for hydroxylation is 1. The van der Waals surface area contributed by atoms with Gasteiger partial charge in [-0.1, -0.05) is 15.9 Å². The lowest BCUT2D eigenvalue weighted by molar-refractivity contribution is 0.0908. The largest absolute Gasteiger partial charge is 0.451 e. The fraction of sp³-hybridized carbons (Fsp3) is 0.357. The van der Waals surface area contributed by atoms with E-state index in [2.05, 4.69) is 21.2 Å². The lowest BCUT2D eigenvalue weighted by atomic mass is 10.2. The Kier molecular flexibility index (Phi) is 4.27. The Bertz CT molecular complexity index is 606. The first-order chi connectivity index (χ1) is 9.01. The topological polar surface area (TPSA) is 62.5 Å². The highest BCUT2D eigenvalue weighted by Gasteiger charge is 2.15. The maximum absolute atomic E-state index is 12.0. The number of amides is 1. The van der Waals surface area contributed by atoms with E-state index in [0.717, 1.165) is 21.0 Å². The van der Waals surface area contributed by atoms with Gasteiger partial charge in [0.15, 0.2) is 5.76 Å². The third-order valence-electron chi connectivity index (χ3n) is 2.93. The highest BCUT2D eigenvalue weighted by atomic mass is 79.9. The molecule has 0 saturated carbocycles. The monoisotopic (exact) mass is 325 g/mol. The van der Waals surface area contributed by atoms with Gasteiger partial charge in [-0.25, -0.2) is 0 Å². The van der Waals surface area contributed by atoms with E-state index in [1.54, 1.807) is 6.07 Å². The zero-order valence-corrected chi connectivity index (χ0v) is 12.5. The first-order valence-electron chi connectivity index (χ1n) is 6.12. The van der Waals surface area contributed by atoms with Gasteiger partial charge in [0.05, 0.1) is 0 Å². The van der Waals surface area contributed by atoms with Crippen molar-refractivity contribution in [2.24, 2.45) is 0 Å². The fourth-order valence-corrected chi connectivity index (χ4v) is 2.55. The molecule has 102 valence electrons. The molecule has 0 aliphatic rings. The number of furan rings is 1. The van der Waals surface area contributed by atoms with Crippen molar-refractivity contribution in [2.75, 3.05) is 6.61 Å². The molecule has 2 rings (SSSR count). The Hall–Kier alpha value is -1.33. The molecular formula is C14H16BrNO3. The second-order valence-corrected chi connectivity index (χ2v) is 5.55. The SMILES string of the molecule is Cc1cc(Br)cc2cc(C(=O)NC(C)CCO)oc12. The molecule has 0 radical (unpaired) electrons. The molecule has 0 fully saturated rings. The second-order valence-electron chi connectivity index (χ2n) is 4.64. The van der Waals surface area contributed by atoms with E-state index in [0.29, 0.717) is 12.2 Å². The van der Waals surface area contributed by atoms with E-state index < -0.39 is 0 Å². The maximum atomic E-state index is 12.0. The van der Waals surface area contributed by atoms with Crippen LogP contribution in [0.15, 0.2) is 27.1 Å². The molecule has 1 unspecified atom stereocenters. The van der Waals surface area contributed by atoms with E-state index in [4.69, 9.17) is 9.52 Å². The average molecular weight is 326 g/mol. The van der Waals surface area contributed by atoms with E-state index >= 15 is 0 Å². The van der Waals surface area contributed by atoms with Crippen LogP contribution in [0, 0.1) is 6.92 Å². The Balaban J connectivity index is 2.26. The van der Waals surface area contributed by atoms with Crippen molar-refractivity contribution in [1.82, 2.24) is 5.32 Å². The fourth-order valence-electron chi connectivity index (χ4n) is 1.96. The van der Waals surface area contributed by atoms with Crippen LogP contribution in [0.5, 0.6) is 0 Å². The summed E-state index contributed by atoms with van der Waals surface area (Å²) in [6.45, 7) is 3.83. The summed E-state index contributed by atoms with van der Waals surface area (Å²) in [7, 11) is 0. The van der Waals surface area contributed by atoms with E-state index in [1.807, 2.05) is 26.0 Å². The van der Waals surface area contributed by atoms with Crippen molar-refractivity contribution in [3.05, 3.63) is 34.0 Å². The van der Waals surface area contributed by atoms with Crippen LogP contribution < -0.4 is 5.32 Å². The molecule has 2 N–H and O–H groups in total. The van der Waals surface area contributed by atoms with Crippen molar-refractivity contribution in [3.8, 4) is 0 Å². The van der Waals surface area contributed by atoms with Gasteiger partial charge in [-0.15, -0.1) is 0 Å². The lowest BCUT2D eigenvalue weighted by Gasteiger charge is -2.10. The van der Waals surface area contributed by atoms with Gasteiger partial charge in [-0.3, -0.25) is 4.79 Å². The predicted molar refractivity (Wildman–Crippen MR) is 77.3 cm³/mol. The Morgan fingerprint density at radius 3 is 2.89 bits per heavy atom. The first kappa shape index (κ1) is 14.1. The summed E-state index contributed by atoms with van der Waals surface area (Å²) in [6, 6.07) is 5.51. The van der Waals surface area contributed by atoms with Crippen LogP contribution in [0.2, 0.25) is 0 Å². The summed E-state index contributed by atoms with van der Waals surface area (Å²) in [5.74, 6) is 0.0358. The molecule has 1 heterocycles. The summed E-state index contributed by atoms with van der Waals surface area (Å²) >= 11 is 3.42. The van der Waals surface area contributed by atoms with Crippen molar-refractivity contribution >= 4 is 32.8 Å². The van der Waals surface area contributed by atoms with Crippen LogP contribution in [-0.2, 0) is 0 Å². The normalized spacial score (nSPS) is 12.6.